The van der Waals surface area contributed by atoms with Crippen molar-refractivity contribution < 1.29 is 0 Å². The Morgan fingerprint density at radius 2 is 0.794 bits per heavy atom. The Labute approximate surface area is 368 Å². The molecule has 0 aliphatic heterocycles. The van der Waals surface area contributed by atoms with E-state index in [1.807, 2.05) is 0 Å². The van der Waals surface area contributed by atoms with Crippen molar-refractivity contribution in [2.75, 3.05) is 4.90 Å². The first kappa shape index (κ1) is 36.6. The summed E-state index contributed by atoms with van der Waals surface area (Å²) in [6.45, 7) is 0. The number of aromatic nitrogens is 1. The van der Waals surface area contributed by atoms with Gasteiger partial charge in [-0.1, -0.05) is 194 Å². The number of para-hydroxylation sites is 2. The van der Waals surface area contributed by atoms with Crippen molar-refractivity contribution in [3.63, 3.8) is 0 Å². The summed E-state index contributed by atoms with van der Waals surface area (Å²) in [5, 5.41) is 2.52. The highest BCUT2D eigenvalue weighted by atomic mass is 15.1. The molecule has 1 aliphatic rings. The van der Waals surface area contributed by atoms with Gasteiger partial charge in [-0.25, -0.2) is 0 Å². The number of fused-ring (bicyclic) bond motifs is 6. The van der Waals surface area contributed by atoms with Crippen LogP contribution in [-0.4, -0.2) is 4.57 Å². The van der Waals surface area contributed by atoms with Gasteiger partial charge in [0.15, 0.2) is 0 Å². The lowest BCUT2D eigenvalue weighted by Gasteiger charge is -2.35. The van der Waals surface area contributed by atoms with Crippen LogP contribution in [0.5, 0.6) is 0 Å². The first-order valence-electron chi connectivity index (χ1n) is 21.8. The highest BCUT2D eigenvalue weighted by Gasteiger charge is 2.46. The van der Waals surface area contributed by atoms with Crippen LogP contribution in [0.1, 0.15) is 22.3 Å². The second kappa shape index (κ2) is 15.1. The third kappa shape index (κ3) is 5.95. The molecule has 296 valence electrons. The minimum Gasteiger partial charge on any atom is -0.310 e. The average molecular weight is 803 g/mol. The van der Waals surface area contributed by atoms with Crippen LogP contribution in [0.15, 0.2) is 255 Å². The Kier molecular flexibility index (Phi) is 8.76. The van der Waals surface area contributed by atoms with Gasteiger partial charge >= 0.3 is 0 Å². The lowest BCUT2D eigenvalue weighted by atomic mass is 9.67. The highest BCUT2D eigenvalue weighted by Crippen LogP contribution is 2.57. The second-order valence-electron chi connectivity index (χ2n) is 16.5. The van der Waals surface area contributed by atoms with Gasteiger partial charge in [0, 0.05) is 33.5 Å². The van der Waals surface area contributed by atoms with E-state index in [1.54, 1.807) is 0 Å². The smallest absolute Gasteiger partial charge is 0.0714 e. The predicted molar refractivity (Wildman–Crippen MR) is 264 cm³/mol. The molecule has 0 spiro atoms. The lowest BCUT2D eigenvalue weighted by molar-refractivity contribution is 0.768. The van der Waals surface area contributed by atoms with Crippen LogP contribution < -0.4 is 4.90 Å². The van der Waals surface area contributed by atoms with Crippen LogP contribution in [0.2, 0.25) is 0 Å². The molecule has 10 aromatic carbocycles. The van der Waals surface area contributed by atoms with E-state index >= 15 is 0 Å². The molecule has 12 rings (SSSR count). The molecule has 1 heterocycles. The summed E-state index contributed by atoms with van der Waals surface area (Å²) in [6, 6.07) is 93.3. The molecule has 0 unspecified atom stereocenters. The van der Waals surface area contributed by atoms with Gasteiger partial charge in [-0.15, -0.1) is 0 Å². The van der Waals surface area contributed by atoms with Crippen LogP contribution in [0, 0.1) is 0 Å². The molecule has 11 aromatic rings. The third-order valence-corrected chi connectivity index (χ3v) is 13.1. The quantitative estimate of drug-likeness (QED) is 0.149. The standard InChI is InChI=1S/C61H42N2/c1-4-18-43(19-5-1)44-34-36-49(37-35-44)62(50-26-16-20-45(40-50)46-21-17-27-51(41-46)63-59-32-14-11-29-55(59)56-30-12-15-33-60(56)63)52-38-39-54-53-28-10-13-31-57(53)61(58(54)42-52,47-22-6-2-7-23-47)48-24-8-3-9-25-48/h1-42H. The first-order chi connectivity index (χ1) is 31.3. The van der Waals surface area contributed by atoms with Crippen molar-refractivity contribution in [2.24, 2.45) is 0 Å². The fourth-order valence-corrected chi connectivity index (χ4v) is 10.3. The number of rotatable bonds is 8. The minimum atomic E-state index is -0.512. The molecule has 0 atom stereocenters. The van der Waals surface area contributed by atoms with Crippen molar-refractivity contribution in [1.29, 1.82) is 0 Å². The van der Waals surface area contributed by atoms with Crippen molar-refractivity contribution in [2.45, 2.75) is 5.41 Å². The molecule has 0 N–H and O–H groups in total. The number of benzene rings is 10. The van der Waals surface area contributed by atoms with Gasteiger partial charge in [0.2, 0.25) is 0 Å². The van der Waals surface area contributed by atoms with Gasteiger partial charge in [0.1, 0.15) is 0 Å². The fraction of sp³-hybridized carbons (Fsp3) is 0.0164. The number of hydrogen-bond donors (Lipinski definition) is 0. The molecule has 2 nitrogen and oxygen atoms in total. The Hall–Kier alpha value is -8.20. The third-order valence-electron chi connectivity index (χ3n) is 13.1. The van der Waals surface area contributed by atoms with Gasteiger partial charge in [0.25, 0.3) is 0 Å². The van der Waals surface area contributed by atoms with E-state index in [0.717, 1.165) is 33.9 Å². The van der Waals surface area contributed by atoms with E-state index in [1.165, 1.54) is 66.3 Å². The van der Waals surface area contributed by atoms with Gasteiger partial charge in [-0.2, -0.15) is 0 Å². The van der Waals surface area contributed by atoms with E-state index in [2.05, 4.69) is 264 Å². The molecule has 1 aromatic heterocycles. The minimum absolute atomic E-state index is 0.512. The fourth-order valence-electron chi connectivity index (χ4n) is 10.3. The van der Waals surface area contributed by atoms with Crippen molar-refractivity contribution in [3.8, 4) is 39.1 Å². The number of hydrogen-bond acceptors (Lipinski definition) is 1. The van der Waals surface area contributed by atoms with Gasteiger partial charge < -0.3 is 9.47 Å². The molecule has 0 saturated carbocycles. The normalized spacial score (nSPS) is 12.6. The van der Waals surface area contributed by atoms with Gasteiger partial charge in [0.05, 0.1) is 16.4 Å². The molecular weight excluding hydrogens is 761 g/mol. The van der Waals surface area contributed by atoms with E-state index in [-0.39, 0.29) is 0 Å². The van der Waals surface area contributed by atoms with Gasteiger partial charge in [-0.3, -0.25) is 0 Å². The van der Waals surface area contributed by atoms with Crippen molar-refractivity contribution in [3.05, 3.63) is 277 Å². The summed E-state index contributed by atoms with van der Waals surface area (Å²) in [5.41, 5.74) is 18.6. The van der Waals surface area contributed by atoms with E-state index in [0.29, 0.717) is 0 Å². The molecule has 2 heteroatoms. The van der Waals surface area contributed by atoms with Gasteiger partial charge in [-0.05, 0) is 116 Å². The molecular formula is C61H42N2. The first-order valence-corrected chi connectivity index (χ1v) is 21.8. The summed E-state index contributed by atoms with van der Waals surface area (Å²) in [4.78, 5) is 2.43. The highest BCUT2D eigenvalue weighted by molar-refractivity contribution is 6.09. The molecule has 0 saturated heterocycles. The Balaban J connectivity index is 1.04. The van der Waals surface area contributed by atoms with Crippen LogP contribution in [0.25, 0.3) is 60.9 Å². The van der Waals surface area contributed by atoms with Crippen molar-refractivity contribution in [1.82, 2.24) is 4.57 Å². The van der Waals surface area contributed by atoms with E-state index < -0.39 is 5.41 Å². The van der Waals surface area contributed by atoms with E-state index in [4.69, 9.17) is 0 Å². The van der Waals surface area contributed by atoms with Crippen LogP contribution in [0.4, 0.5) is 17.1 Å². The second-order valence-corrected chi connectivity index (χ2v) is 16.5. The zero-order chi connectivity index (χ0) is 41.7. The topological polar surface area (TPSA) is 8.17 Å². The Morgan fingerprint density at radius 3 is 1.48 bits per heavy atom. The summed E-state index contributed by atoms with van der Waals surface area (Å²) in [7, 11) is 0. The monoisotopic (exact) mass is 802 g/mol. The molecule has 0 fully saturated rings. The van der Waals surface area contributed by atoms with Crippen LogP contribution >= 0.6 is 0 Å². The van der Waals surface area contributed by atoms with E-state index in [9.17, 15) is 0 Å². The zero-order valence-electron chi connectivity index (χ0n) is 34.6. The maximum absolute atomic E-state index is 2.45. The van der Waals surface area contributed by atoms with Crippen LogP contribution in [0.3, 0.4) is 0 Å². The Morgan fingerprint density at radius 1 is 0.302 bits per heavy atom. The summed E-state index contributed by atoms with van der Waals surface area (Å²) in [6.07, 6.45) is 0. The number of anilines is 3. The summed E-state index contributed by atoms with van der Waals surface area (Å²) < 4.78 is 2.40. The molecule has 0 bridgehead atoms. The predicted octanol–water partition coefficient (Wildman–Crippen LogP) is 16.0. The lowest BCUT2D eigenvalue weighted by Crippen LogP contribution is -2.28. The molecule has 1 aliphatic carbocycles. The molecule has 0 amide bonds. The number of nitrogens with zero attached hydrogens (tertiary/aromatic N) is 2. The molecule has 63 heavy (non-hydrogen) atoms. The Bertz CT molecular complexity index is 3350. The maximum Gasteiger partial charge on any atom is 0.0714 e. The largest absolute Gasteiger partial charge is 0.310 e. The zero-order valence-corrected chi connectivity index (χ0v) is 34.6. The van der Waals surface area contributed by atoms with Crippen molar-refractivity contribution >= 4 is 38.9 Å². The summed E-state index contributed by atoms with van der Waals surface area (Å²) in [5.74, 6) is 0. The summed E-state index contributed by atoms with van der Waals surface area (Å²) >= 11 is 0. The maximum atomic E-state index is 2.45. The van der Waals surface area contributed by atoms with Crippen LogP contribution in [-0.2, 0) is 5.41 Å². The molecule has 0 radical (unpaired) electrons. The SMILES string of the molecule is c1ccc(-c2ccc(N(c3cccc(-c4cccc(-n5c6ccccc6c6ccccc65)c4)c3)c3ccc4c(c3)C(c3ccccc3)(c3ccccc3)c3ccccc3-4)cc2)cc1. The average Bonchev–Trinajstić information content (AvgIpc) is 3.86.